The van der Waals surface area contributed by atoms with Gasteiger partial charge in [-0.25, -0.2) is 0 Å². The van der Waals surface area contributed by atoms with Crippen molar-refractivity contribution in [2.75, 3.05) is 5.32 Å². The molecule has 2 aromatic rings. The SMILES string of the molecule is C=C(CC)[C@H]1NC(=O)C[C@@](C)(c2cccc(Cl)c2)[C@]12C(=O)Nc1cc(Cl)ccc12. The number of piperidine rings is 1. The van der Waals surface area contributed by atoms with Crippen molar-refractivity contribution in [2.24, 2.45) is 0 Å². The lowest BCUT2D eigenvalue weighted by Gasteiger charge is -2.53. The molecule has 0 saturated carbocycles. The lowest BCUT2D eigenvalue weighted by Crippen LogP contribution is -2.69. The Balaban J connectivity index is 2.08. The number of hydrogen-bond acceptors (Lipinski definition) is 2. The number of hydrogen-bond donors (Lipinski definition) is 2. The van der Waals surface area contributed by atoms with Crippen LogP contribution in [0.25, 0.3) is 0 Å². The molecule has 2 aliphatic heterocycles. The highest BCUT2D eigenvalue weighted by atomic mass is 35.5. The van der Waals surface area contributed by atoms with Gasteiger partial charge < -0.3 is 10.6 Å². The van der Waals surface area contributed by atoms with Gasteiger partial charge in [0, 0.05) is 27.6 Å². The first kappa shape index (κ1) is 20.0. The number of benzene rings is 2. The van der Waals surface area contributed by atoms with Gasteiger partial charge in [-0.15, -0.1) is 0 Å². The maximum atomic E-state index is 13.8. The summed E-state index contributed by atoms with van der Waals surface area (Å²) in [5, 5.41) is 7.17. The van der Waals surface area contributed by atoms with Crippen molar-refractivity contribution in [1.82, 2.24) is 5.32 Å². The van der Waals surface area contributed by atoms with Gasteiger partial charge >= 0.3 is 0 Å². The molecule has 150 valence electrons. The third-order valence-corrected chi connectivity index (χ3v) is 6.93. The van der Waals surface area contributed by atoms with Gasteiger partial charge in [-0.1, -0.05) is 67.4 Å². The molecule has 1 spiro atoms. The Hall–Kier alpha value is -2.30. The molecule has 2 N–H and O–H groups in total. The molecular formula is C23H22Cl2N2O2. The van der Waals surface area contributed by atoms with E-state index in [1.165, 1.54) is 0 Å². The van der Waals surface area contributed by atoms with E-state index in [-0.39, 0.29) is 18.2 Å². The molecule has 0 radical (unpaired) electrons. The number of halogens is 2. The molecule has 2 amide bonds. The van der Waals surface area contributed by atoms with Crippen molar-refractivity contribution < 1.29 is 9.59 Å². The van der Waals surface area contributed by atoms with E-state index >= 15 is 0 Å². The van der Waals surface area contributed by atoms with Crippen LogP contribution in [-0.4, -0.2) is 17.9 Å². The third kappa shape index (κ3) is 2.73. The highest BCUT2D eigenvalue weighted by molar-refractivity contribution is 6.31. The molecule has 0 unspecified atom stereocenters. The van der Waals surface area contributed by atoms with Crippen LogP contribution in [-0.2, 0) is 20.4 Å². The Morgan fingerprint density at radius 2 is 1.90 bits per heavy atom. The first-order valence-electron chi connectivity index (χ1n) is 9.58. The number of nitrogens with one attached hydrogen (secondary N) is 2. The van der Waals surface area contributed by atoms with E-state index in [4.69, 9.17) is 23.2 Å². The molecule has 0 aromatic heterocycles. The van der Waals surface area contributed by atoms with Crippen molar-refractivity contribution in [1.29, 1.82) is 0 Å². The lowest BCUT2D eigenvalue weighted by atomic mass is 9.51. The number of fused-ring (bicyclic) bond motifs is 2. The van der Waals surface area contributed by atoms with Crippen molar-refractivity contribution in [3.05, 3.63) is 75.8 Å². The first-order chi connectivity index (χ1) is 13.7. The van der Waals surface area contributed by atoms with Crippen LogP contribution in [0.1, 0.15) is 37.8 Å². The molecular weight excluding hydrogens is 407 g/mol. The Kier molecular flexibility index (Phi) is 4.75. The molecule has 1 saturated heterocycles. The molecule has 2 aliphatic rings. The van der Waals surface area contributed by atoms with E-state index in [1.807, 2.05) is 38.1 Å². The molecule has 4 nitrogen and oxygen atoms in total. The Bertz CT molecular complexity index is 1050. The molecule has 3 atom stereocenters. The molecule has 2 heterocycles. The van der Waals surface area contributed by atoms with Crippen LogP contribution >= 0.6 is 23.2 Å². The predicted molar refractivity (Wildman–Crippen MR) is 117 cm³/mol. The summed E-state index contributed by atoms with van der Waals surface area (Å²) in [5.74, 6) is -0.287. The second kappa shape index (κ2) is 6.89. The molecule has 0 aliphatic carbocycles. The average molecular weight is 429 g/mol. The van der Waals surface area contributed by atoms with Gasteiger partial charge in [0.1, 0.15) is 5.41 Å². The van der Waals surface area contributed by atoms with Gasteiger partial charge in [-0.3, -0.25) is 9.59 Å². The summed E-state index contributed by atoms with van der Waals surface area (Å²) in [4.78, 5) is 26.6. The summed E-state index contributed by atoms with van der Waals surface area (Å²) in [6, 6.07) is 12.3. The quantitative estimate of drug-likeness (QED) is 0.675. The molecule has 0 bridgehead atoms. The van der Waals surface area contributed by atoms with Gasteiger partial charge in [-0.2, -0.15) is 0 Å². The highest BCUT2D eigenvalue weighted by Crippen LogP contribution is 2.57. The molecule has 4 rings (SSSR count). The van der Waals surface area contributed by atoms with Gasteiger partial charge in [0.25, 0.3) is 0 Å². The molecule has 1 fully saturated rings. The van der Waals surface area contributed by atoms with Crippen LogP contribution < -0.4 is 10.6 Å². The minimum Gasteiger partial charge on any atom is -0.348 e. The van der Waals surface area contributed by atoms with Crippen molar-refractivity contribution in [3.8, 4) is 0 Å². The summed E-state index contributed by atoms with van der Waals surface area (Å²) in [7, 11) is 0. The Morgan fingerprint density at radius 1 is 1.17 bits per heavy atom. The zero-order chi connectivity index (χ0) is 21.0. The third-order valence-electron chi connectivity index (χ3n) is 6.46. The zero-order valence-electron chi connectivity index (χ0n) is 16.3. The standard InChI is InChI=1S/C23H22Cl2N2O2/c1-4-13(2)20-23(17-9-8-16(25)11-18(17)26-21(23)29)22(3,12-19(28)27-20)14-6-5-7-15(24)10-14/h5-11,20H,2,4,12H2,1,3H3,(H,26,29)(H,27,28)/t20-,22+,23+/m1/s1. The summed E-state index contributed by atoms with van der Waals surface area (Å²) < 4.78 is 0. The lowest BCUT2D eigenvalue weighted by molar-refractivity contribution is -0.133. The van der Waals surface area contributed by atoms with E-state index < -0.39 is 16.9 Å². The van der Waals surface area contributed by atoms with Crippen molar-refractivity contribution in [3.63, 3.8) is 0 Å². The molecule has 29 heavy (non-hydrogen) atoms. The topological polar surface area (TPSA) is 58.2 Å². The van der Waals surface area contributed by atoms with Crippen LogP contribution in [0.2, 0.25) is 10.0 Å². The summed E-state index contributed by atoms with van der Waals surface area (Å²) in [6.45, 7) is 8.15. The number of anilines is 1. The summed E-state index contributed by atoms with van der Waals surface area (Å²) >= 11 is 12.5. The Labute approximate surface area is 180 Å². The zero-order valence-corrected chi connectivity index (χ0v) is 17.8. The minimum absolute atomic E-state index is 0.118. The normalized spacial score (nSPS) is 28.1. The number of rotatable bonds is 3. The fourth-order valence-corrected chi connectivity index (χ4v) is 5.38. The van der Waals surface area contributed by atoms with Gasteiger partial charge in [-0.05, 0) is 41.8 Å². The van der Waals surface area contributed by atoms with Crippen LogP contribution in [0.4, 0.5) is 5.69 Å². The van der Waals surface area contributed by atoms with E-state index in [1.54, 1.807) is 18.2 Å². The van der Waals surface area contributed by atoms with E-state index in [2.05, 4.69) is 17.2 Å². The fraction of sp³-hybridized carbons (Fsp3) is 0.304. The van der Waals surface area contributed by atoms with E-state index in [0.29, 0.717) is 22.2 Å². The van der Waals surface area contributed by atoms with Gasteiger partial charge in [0.05, 0.1) is 6.04 Å². The smallest absolute Gasteiger partial charge is 0.238 e. The molecule has 6 heteroatoms. The largest absolute Gasteiger partial charge is 0.348 e. The summed E-state index contributed by atoms with van der Waals surface area (Å²) in [5.41, 5.74) is 1.20. The second-order valence-corrected chi connectivity index (χ2v) is 8.86. The Morgan fingerprint density at radius 3 is 2.59 bits per heavy atom. The van der Waals surface area contributed by atoms with Crippen LogP contribution in [0.15, 0.2) is 54.6 Å². The first-order valence-corrected chi connectivity index (χ1v) is 10.3. The van der Waals surface area contributed by atoms with Crippen LogP contribution in [0, 0.1) is 0 Å². The predicted octanol–water partition coefficient (Wildman–Crippen LogP) is 5.00. The number of carbonyl (C=O) groups excluding carboxylic acids is 2. The van der Waals surface area contributed by atoms with Crippen molar-refractivity contribution >= 4 is 40.7 Å². The fourth-order valence-electron chi connectivity index (χ4n) is 5.01. The number of amides is 2. The molecule has 2 aromatic carbocycles. The maximum absolute atomic E-state index is 13.8. The van der Waals surface area contributed by atoms with E-state index in [9.17, 15) is 9.59 Å². The minimum atomic E-state index is -1.07. The van der Waals surface area contributed by atoms with Crippen LogP contribution in [0.5, 0.6) is 0 Å². The van der Waals surface area contributed by atoms with Crippen LogP contribution in [0.3, 0.4) is 0 Å². The van der Waals surface area contributed by atoms with E-state index in [0.717, 1.165) is 16.7 Å². The van der Waals surface area contributed by atoms with Gasteiger partial charge in [0.15, 0.2) is 0 Å². The maximum Gasteiger partial charge on any atom is 0.238 e. The number of carbonyl (C=O) groups is 2. The average Bonchev–Trinajstić information content (AvgIpc) is 2.96. The monoisotopic (exact) mass is 428 g/mol. The summed E-state index contributed by atoms with van der Waals surface area (Å²) in [6.07, 6.45) is 0.783. The van der Waals surface area contributed by atoms with Crippen molar-refractivity contribution in [2.45, 2.75) is 43.6 Å². The second-order valence-electron chi connectivity index (χ2n) is 7.98. The van der Waals surface area contributed by atoms with Gasteiger partial charge in [0.2, 0.25) is 11.8 Å². The highest BCUT2D eigenvalue weighted by Gasteiger charge is 2.66.